The fraction of sp³-hybridized carbons (Fsp3) is 0.400. The highest BCUT2D eigenvalue weighted by Gasteiger charge is 2.62. The SMILES string of the molecule is COc1c(O)c(O)c(CC2(O)NC(O)(C(O)(O)COc3c(O)c(C)c(O)c(O)c3O)OO2)c(O)c1OC. The van der Waals surface area contributed by atoms with E-state index in [1.807, 2.05) is 0 Å². The molecule has 37 heavy (non-hydrogen) atoms. The van der Waals surface area contributed by atoms with Crippen LogP contribution in [-0.2, 0) is 16.2 Å². The van der Waals surface area contributed by atoms with Crippen molar-refractivity contribution in [1.82, 2.24) is 5.32 Å². The Hall–Kier alpha value is -3.84. The van der Waals surface area contributed by atoms with E-state index in [1.165, 1.54) is 0 Å². The molecule has 0 bridgehead atoms. The number of nitrogens with one attached hydrogen (secondary N) is 1. The molecule has 0 radical (unpaired) electrons. The second-order valence-electron chi connectivity index (χ2n) is 7.94. The summed E-state index contributed by atoms with van der Waals surface area (Å²) >= 11 is 0. The van der Waals surface area contributed by atoms with Gasteiger partial charge in [0.2, 0.25) is 34.5 Å². The summed E-state index contributed by atoms with van der Waals surface area (Å²) in [5.74, 6) is -18.5. The summed E-state index contributed by atoms with van der Waals surface area (Å²) in [5, 5.41) is 114. The summed E-state index contributed by atoms with van der Waals surface area (Å²) in [5.41, 5.74) is -0.975. The van der Waals surface area contributed by atoms with Gasteiger partial charge in [-0.1, -0.05) is 0 Å². The molecular weight excluding hydrogens is 510 g/mol. The molecule has 12 N–H and O–H groups in total. The van der Waals surface area contributed by atoms with E-state index in [2.05, 4.69) is 9.78 Å². The lowest BCUT2D eigenvalue weighted by Gasteiger charge is -2.33. The van der Waals surface area contributed by atoms with Gasteiger partial charge in [-0.3, -0.25) is 0 Å². The topological polar surface area (TPSA) is 281 Å². The molecular formula is C20H25NO16. The molecule has 3 rings (SSSR count). The third-order valence-corrected chi connectivity index (χ3v) is 5.47. The Morgan fingerprint density at radius 3 is 1.84 bits per heavy atom. The van der Waals surface area contributed by atoms with Crippen molar-refractivity contribution in [1.29, 1.82) is 0 Å². The third kappa shape index (κ3) is 4.44. The second-order valence-corrected chi connectivity index (χ2v) is 7.94. The normalized spacial score (nSPS) is 21.7. The summed E-state index contributed by atoms with van der Waals surface area (Å²) in [6.45, 7) is -0.309. The Balaban J connectivity index is 1.86. The van der Waals surface area contributed by atoms with Gasteiger partial charge in [0.25, 0.3) is 11.7 Å². The number of phenols is 7. The Morgan fingerprint density at radius 1 is 0.730 bits per heavy atom. The number of aromatic hydroxyl groups is 7. The number of hydrogen-bond donors (Lipinski definition) is 12. The van der Waals surface area contributed by atoms with Crippen LogP contribution >= 0.6 is 0 Å². The van der Waals surface area contributed by atoms with Crippen LogP contribution in [0.3, 0.4) is 0 Å². The number of phenolic OH excluding ortho intramolecular Hbond substituents is 7. The minimum absolute atomic E-state index is 0.351. The maximum Gasteiger partial charge on any atom is 0.318 e. The number of rotatable bonds is 8. The first-order valence-corrected chi connectivity index (χ1v) is 10.1. The van der Waals surface area contributed by atoms with Crippen molar-refractivity contribution in [2.24, 2.45) is 0 Å². The second kappa shape index (κ2) is 9.23. The maximum atomic E-state index is 10.7. The monoisotopic (exact) mass is 535 g/mol. The molecule has 0 saturated carbocycles. The molecule has 0 aliphatic carbocycles. The highest BCUT2D eigenvalue weighted by Crippen LogP contribution is 2.53. The van der Waals surface area contributed by atoms with E-state index in [4.69, 9.17) is 14.2 Å². The molecule has 1 fully saturated rings. The highest BCUT2D eigenvalue weighted by molar-refractivity contribution is 5.69. The van der Waals surface area contributed by atoms with Crippen LogP contribution in [0.25, 0.3) is 0 Å². The van der Waals surface area contributed by atoms with Crippen LogP contribution in [0.2, 0.25) is 0 Å². The molecule has 1 aliphatic rings. The van der Waals surface area contributed by atoms with Crippen LogP contribution < -0.4 is 19.5 Å². The van der Waals surface area contributed by atoms with Crippen LogP contribution in [0, 0.1) is 6.92 Å². The van der Waals surface area contributed by atoms with Crippen LogP contribution in [-0.4, -0.2) is 94.6 Å². The first-order chi connectivity index (χ1) is 17.0. The Labute approximate surface area is 206 Å². The number of hydrogen-bond acceptors (Lipinski definition) is 17. The standard InChI is InChI=1S/C20H25NO16/c1-6-8(22)12(26)14(28)15(9(6)23)35-5-18(29,30)20(32)21-19(31,36-37-20)4-7-10(24)13(27)17(34-3)16(33-2)11(7)25/h21-32H,4-5H2,1-3H3. The molecule has 2 aromatic rings. The van der Waals surface area contributed by atoms with E-state index in [-0.39, 0.29) is 5.56 Å². The fourth-order valence-corrected chi connectivity index (χ4v) is 3.38. The quantitative estimate of drug-likeness (QED) is 0.0760. The molecule has 0 amide bonds. The van der Waals surface area contributed by atoms with Crippen molar-refractivity contribution in [2.75, 3.05) is 20.8 Å². The summed E-state index contributed by atoms with van der Waals surface area (Å²) in [4.78, 5) is 8.99. The van der Waals surface area contributed by atoms with Gasteiger partial charge in [-0.05, 0) is 6.92 Å². The van der Waals surface area contributed by atoms with Gasteiger partial charge in [-0.25, -0.2) is 5.32 Å². The van der Waals surface area contributed by atoms with Crippen molar-refractivity contribution in [2.45, 2.75) is 31.0 Å². The molecule has 2 aromatic carbocycles. The van der Waals surface area contributed by atoms with E-state index in [9.17, 15) is 56.2 Å². The lowest BCUT2D eigenvalue weighted by molar-refractivity contribution is -0.473. The predicted molar refractivity (Wildman–Crippen MR) is 114 cm³/mol. The van der Waals surface area contributed by atoms with Crippen LogP contribution in [0.4, 0.5) is 0 Å². The van der Waals surface area contributed by atoms with Crippen LogP contribution in [0.1, 0.15) is 11.1 Å². The molecule has 206 valence electrons. The van der Waals surface area contributed by atoms with Crippen molar-refractivity contribution >= 4 is 0 Å². The van der Waals surface area contributed by atoms with Crippen molar-refractivity contribution in [3.05, 3.63) is 11.1 Å². The van der Waals surface area contributed by atoms with E-state index in [1.54, 1.807) is 5.32 Å². The lowest BCUT2D eigenvalue weighted by Crippen LogP contribution is -2.67. The maximum absolute atomic E-state index is 10.7. The summed E-state index contributed by atoms with van der Waals surface area (Å²) in [7, 11) is 2.19. The minimum atomic E-state index is -3.55. The largest absolute Gasteiger partial charge is 0.504 e. The van der Waals surface area contributed by atoms with Crippen molar-refractivity contribution < 1.29 is 80.2 Å². The van der Waals surface area contributed by atoms with Gasteiger partial charge in [0.15, 0.2) is 23.0 Å². The van der Waals surface area contributed by atoms with E-state index < -0.39 is 93.7 Å². The van der Waals surface area contributed by atoms with Crippen LogP contribution in [0.5, 0.6) is 57.5 Å². The van der Waals surface area contributed by atoms with Gasteiger partial charge < -0.3 is 70.4 Å². The zero-order valence-corrected chi connectivity index (χ0v) is 19.4. The zero-order chi connectivity index (χ0) is 28.1. The van der Waals surface area contributed by atoms with Crippen molar-refractivity contribution in [3.63, 3.8) is 0 Å². The van der Waals surface area contributed by atoms with Gasteiger partial charge >= 0.3 is 5.91 Å². The Bertz CT molecular complexity index is 1190. The fourth-order valence-electron chi connectivity index (χ4n) is 3.38. The summed E-state index contributed by atoms with van der Waals surface area (Å²) < 4.78 is 14.6. The molecule has 1 aliphatic heterocycles. The number of aliphatic hydroxyl groups is 4. The average Bonchev–Trinajstić information content (AvgIpc) is 3.17. The average molecular weight is 535 g/mol. The summed E-state index contributed by atoms with van der Waals surface area (Å²) in [6, 6.07) is 0. The predicted octanol–water partition coefficient (Wildman–Crippen LogP) is -1.90. The van der Waals surface area contributed by atoms with Crippen LogP contribution in [0.15, 0.2) is 0 Å². The van der Waals surface area contributed by atoms with Gasteiger partial charge in [0.05, 0.1) is 26.2 Å². The Morgan fingerprint density at radius 2 is 1.27 bits per heavy atom. The molecule has 0 aromatic heterocycles. The molecule has 17 nitrogen and oxygen atoms in total. The van der Waals surface area contributed by atoms with E-state index >= 15 is 0 Å². The van der Waals surface area contributed by atoms with Crippen molar-refractivity contribution in [3.8, 4) is 57.5 Å². The van der Waals surface area contributed by atoms with Gasteiger partial charge in [-0.2, -0.15) is 9.78 Å². The number of methoxy groups -OCH3 is 2. The lowest BCUT2D eigenvalue weighted by atomic mass is 10.0. The minimum Gasteiger partial charge on any atom is -0.504 e. The number of benzene rings is 2. The van der Waals surface area contributed by atoms with Gasteiger partial charge in [0, 0.05) is 5.56 Å². The molecule has 2 atom stereocenters. The first kappa shape index (κ1) is 27.7. The highest BCUT2D eigenvalue weighted by atomic mass is 17.3. The van der Waals surface area contributed by atoms with E-state index in [0.717, 1.165) is 21.1 Å². The Kier molecular flexibility index (Phi) is 6.92. The molecule has 17 heteroatoms. The molecule has 0 spiro atoms. The summed E-state index contributed by atoms with van der Waals surface area (Å²) in [6.07, 6.45) is -1.02. The van der Waals surface area contributed by atoms with Gasteiger partial charge in [-0.15, -0.1) is 0 Å². The van der Waals surface area contributed by atoms with Gasteiger partial charge in [0.1, 0.15) is 6.61 Å². The molecule has 1 heterocycles. The number of ether oxygens (including phenoxy) is 3. The molecule has 2 unspecified atom stereocenters. The first-order valence-electron chi connectivity index (χ1n) is 10.1. The smallest absolute Gasteiger partial charge is 0.318 e. The van der Waals surface area contributed by atoms with E-state index in [0.29, 0.717) is 0 Å². The molecule has 1 saturated heterocycles. The third-order valence-electron chi connectivity index (χ3n) is 5.47. The zero-order valence-electron chi connectivity index (χ0n) is 19.4.